The smallest absolute Gasteiger partial charge is 0.410 e. The molecule has 0 aromatic heterocycles. The first kappa shape index (κ1) is 15.1. The van der Waals surface area contributed by atoms with Gasteiger partial charge < -0.3 is 14.7 Å². The Balaban J connectivity index is 1.89. The van der Waals surface area contributed by atoms with Crippen LogP contribution < -0.4 is 0 Å². The Kier molecular flexibility index (Phi) is 3.98. The Labute approximate surface area is 120 Å². The standard InChI is InChI=1S/C15H25NO4/c1-14(2,3)20-13(19)16-9-5-11(6-10-16)15(12(17)18)7-4-8-15/h11H,4-10H2,1-3H3,(H,17,18). The minimum Gasteiger partial charge on any atom is -0.481 e. The molecule has 1 saturated carbocycles. The highest BCUT2D eigenvalue weighted by molar-refractivity contribution is 5.76. The van der Waals surface area contributed by atoms with Crippen molar-refractivity contribution >= 4 is 12.1 Å². The molecule has 0 radical (unpaired) electrons. The number of carbonyl (C=O) groups is 2. The molecule has 1 aliphatic carbocycles. The minimum atomic E-state index is -0.653. The van der Waals surface area contributed by atoms with Gasteiger partial charge in [0, 0.05) is 13.1 Å². The number of ether oxygens (including phenoxy) is 1. The van der Waals surface area contributed by atoms with Crippen molar-refractivity contribution in [1.29, 1.82) is 0 Å². The molecule has 0 spiro atoms. The first-order valence-corrected chi connectivity index (χ1v) is 7.46. The van der Waals surface area contributed by atoms with E-state index < -0.39 is 17.0 Å². The zero-order chi connectivity index (χ0) is 15.0. The molecule has 5 heteroatoms. The molecule has 0 bridgehead atoms. The molecule has 0 aromatic carbocycles. The van der Waals surface area contributed by atoms with Crippen LogP contribution in [0.15, 0.2) is 0 Å². The van der Waals surface area contributed by atoms with Crippen LogP contribution in [-0.2, 0) is 9.53 Å². The molecule has 1 aliphatic heterocycles. The maximum Gasteiger partial charge on any atom is 0.410 e. The number of likely N-dealkylation sites (tertiary alicyclic amines) is 1. The van der Waals surface area contributed by atoms with Crippen molar-refractivity contribution in [1.82, 2.24) is 4.90 Å². The molecule has 114 valence electrons. The van der Waals surface area contributed by atoms with Gasteiger partial charge in [-0.3, -0.25) is 4.79 Å². The lowest BCUT2D eigenvalue weighted by Crippen LogP contribution is -2.50. The summed E-state index contributed by atoms with van der Waals surface area (Å²) in [4.78, 5) is 25.2. The molecule has 1 saturated heterocycles. The normalized spacial score (nSPS) is 23.1. The molecule has 1 heterocycles. The summed E-state index contributed by atoms with van der Waals surface area (Å²) in [6.07, 6.45) is 3.85. The van der Waals surface area contributed by atoms with Crippen molar-refractivity contribution in [3.05, 3.63) is 0 Å². The van der Waals surface area contributed by atoms with Gasteiger partial charge in [0.15, 0.2) is 0 Å². The molecule has 2 fully saturated rings. The summed E-state index contributed by atoms with van der Waals surface area (Å²) in [6.45, 7) is 6.77. The fourth-order valence-corrected chi connectivity index (χ4v) is 3.30. The van der Waals surface area contributed by atoms with Gasteiger partial charge in [0.2, 0.25) is 0 Å². The van der Waals surface area contributed by atoms with Gasteiger partial charge in [-0.25, -0.2) is 4.79 Å². The molecule has 5 nitrogen and oxygen atoms in total. The lowest BCUT2D eigenvalue weighted by molar-refractivity contribution is -0.161. The van der Waals surface area contributed by atoms with E-state index in [1.807, 2.05) is 20.8 Å². The number of carbonyl (C=O) groups excluding carboxylic acids is 1. The van der Waals surface area contributed by atoms with E-state index in [1.54, 1.807) is 4.90 Å². The van der Waals surface area contributed by atoms with Crippen molar-refractivity contribution in [3.63, 3.8) is 0 Å². The second-order valence-corrected chi connectivity index (χ2v) is 7.06. The summed E-state index contributed by atoms with van der Waals surface area (Å²) < 4.78 is 5.36. The summed E-state index contributed by atoms with van der Waals surface area (Å²) in [5, 5.41) is 9.46. The summed E-state index contributed by atoms with van der Waals surface area (Å²) in [6, 6.07) is 0. The van der Waals surface area contributed by atoms with Crippen LogP contribution in [0.25, 0.3) is 0 Å². The maximum atomic E-state index is 12.0. The van der Waals surface area contributed by atoms with Gasteiger partial charge in [0.1, 0.15) is 5.60 Å². The van der Waals surface area contributed by atoms with Gasteiger partial charge in [-0.1, -0.05) is 6.42 Å². The van der Waals surface area contributed by atoms with Crippen LogP contribution in [0.2, 0.25) is 0 Å². The monoisotopic (exact) mass is 283 g/mol. The minimum absolute atomic E-state index is 0.201. The Morgan fingerprint density at radius 2 is 1.75 bits per heavy atom. The van der Waals surface area contributed by atoms with Gasteiger partial charge >= 0.3 is 12.1 Å². The quantitative estimate of drug-likeness (QED) is 0.846. The molecule has 1 N–H and O–H groups in total. The molecule has 0 unspecified atom stereocenters. The Bertz CT molecular complexity index is 387. The van der Waals surface area contributed by atoms with E-state index in [0.717, 1.165) is 32.1 Å². The zero-order valence-electron chi connectivity index (χ0n) is 12.6. The predicted molar refractivity (Wildman–Crippen MR) is 74.5 cm³/mol. The van der Waals surface area contributed by atoms with Gasteiger partial charge in [-0.15, -0.1) is 0 Å². The highest BCUT2D eigenvalue weighted by atomic mass is 16.6. The summed E-state index contributed by atoms with van der Waals surface area (Å²) in [5.74, 6) is -0.452. The van der Waals surface area contributed by atoms with Crippen LogP contribution in [0.1, 0.15) is 52.9 Å². The number of nitrogens with zero attached hydrogens (tertiary/aromatic N) is 1. The number of amides is 1. The van der Waals surface area contributed by atoms with Crippen LogP contribution in [0.4, 0.5) is 4.79 Å². The summed E-state index contributed by atoms with van der Waals surface area (Å²) in [7, 11) is 0. The van der Waals surface area contributed by atoms with Crippen molar-refractivity contribution in [2.45, 2.75) is 58.5 Å². The van der Waals surface area contributed by atoms with Gasteiger partial charge in [0.25, 0.3) is 0 Å². The first-order valence-electron chi connectivity index (χ1n) is 7.46. The van der Waals surface area contributed by atoms with E-state index in [1.165, 1.54) is 0 Å². The third-order valence-electron chi connectivity index (χ3n) is 4.60. The van der Waals surface area contributed by atoms with Crippen LogP contribution in [-0.4, -0.2) is 40.8 Å². The molecular weight excluding hydrogens is 258 g/mol. The van der Waals surface area contributed by atoms with E-state index >= 15 is 0 Å². The molecule has 2 rings (SSSR count). The van der Waals surface area contributed by atoms with Crippen molar-refractivity contribution < 1.29 is 19.4 Å². The van der Waals surface area contributed by atoms with Gasteiger partial charge in [0.05, 0.1) is 5.41 Å². The van der Waals surface area contributed by atoms with E-state index in [4.69, 9.17) is 4.74 Å². The molecule has 1 amide bonds. The largest absolute Gasteiger partial charge is 0.481 e. The van der Waals surface area contributed by atoms with E-state index in [-0.39, 0.29) is 12.0 Å². The maximum absolute atomic E-state index is 12.0. The average molecular weight is 283 g/mol. The molecule has 2 aliphatic rings. The summed E-state index contributed by atoms with van der Waals surface area (Å²) in [5.41, 5.74) is -0.996. The predicted octanol–water partition coefficient (Wildman–Crippen LogP) is 2.89. The van der Waals surface area contributed by atoms with Crippen LogP contribution in [0, 0.1) is 11.3 Å². The Morgan fingerprint density at radius 1 is 1.20 bits per heavy atom. The first-order chi connectivity index (χ1) is 9.24. The van der Waals surface area contributed by atoms with Crippen LogP contribution >= 0.6 is 0 Å². The Hall–Kier alpha value is -1.26. The number of carboxylic acids is 1. The molecule has 20 heavy (non-hydrogen) atoms. The molecular formula is C15H25NO4. The lowest BCUT2D eigenvalue weighted by atomic mass is 9.58. The topological polar surface area (TPSA) is 66.8 Å². The van der Waals surface area contributed by atoms with E-state index in [0.29, 0.717) is 13.1 Å². The fraction of sp³-hybridized carbons (Fsp3) is 0.867. The molecule has 0 atom stereocenters. The third kappa shape index (κ3) is 2.91. The zero-order valence-corrected chi connectivity index (χ0v) is 12.6. The van der Waals surface area contributed by atoms with Crippen molar-refractivity contribution in [2.75, 3.05) is 13.1 Å². The van der Waals surface area contributed by atoms with E-state index in [9.17, 15) is 14.7 Å². The van der Waals surface area contributed by atoms with Gasteiger partial charge in [-0.05, 0) is 52.4 Å². The SMILES string of the molecule is CC(C)(C)OC(=O)N1CCC(C2(C(=O)O)CCC2)CC1. The number of rotatable bonds is 2. The second kappa shape index (κ2) is 5.26. The highest BCUT2D eigenvalue weighted by Gasteiger charge is 2.51. The van der Waals surface area contributed by atoms with Crippen molar-refractivity contribution in [3.8, 4) is 0 Å². The number of aliphatic carboxylic acids is 1. The van der Waals surface area contributed by atoms with E-state index in [2.05, 4.69) is 0 Å². The van der Waals surface area contributed by atoms with Crippen LogP contribution in [0.5, 0.6) is 0 Å². The third-order valence-corrected chi connectivity index (χ3v) is 4.60. The second-order valence-electron chi connectivity index (χ2n) is 7.06. The summed E-state index contributed by atoms with van der Waals surface area (Å²) >= 11 is 0. The molecule has 0 aromatic rings. The fourth-order valence-electron chi connectivity index (χ4n) is 3.30. The number of carboxylic acid groups (broad SMARTS) is 1. The van der Waals surface area contributed by atoms with Crippen molar-refractivity contribution in [2.24, 2.45) is 11.3 Å². The number of hydrogen-bond acceptors (Lipinski definition) is 3. The van der Waals surface area contributed by atoms with Crippen LogP contribution in [0.3, 0.4) is 0 Å². The number of hydrogen-bond donors (Lipinski definition) is 1. The average Bonchev–Trinajstić information content (AvgIpc) is 2.25. The van der Waals surface area contributed by atoms with Gasteiger partial charge in [-0.2, -0.15) is 0 Å². The number of piperidine rings is 1. The Morgan fingerprint density at radius 3 is 2.10 bits per heavy atom. The lowest BCUT2D eigenvalue weighted by Gasteiger charge is -2.47. The highest BCUT2D eigenvalue weighted by Crippen LogP contribution is 2.50.